The summed E-state index contributed by atoms with van der Waals surface area (Å²) in [7, 11) is -0.703. The van der Waals surface area contributed by atoms with Crippen LogP contribution in [0.25, 0.3) is 0 Å². The van der Waals surface area contributed by atoms with Crippen molar-refractivity contribution >= 4 is 10.8 Å². The van der Waals surface area contributed by atoms with Crippen LogP contribution < -0.4 is 5.32 Å². The van der Waals surface area contributed by atoms with Crippen molar-refractivity contribution in [3.63, 3.8) is 0 Å². The van der Waals surface area contributed by atoms with Gasteiger partial charge in [0.25, 0.3) is 0 Å². The van der Waals surface area contributed by atoms with Gasteiger partial charge in [-0.2, -0.15) is 0 Å². The number of nitrogens with one attached hydrogen (secondary N) is 1. The van der Waals surface area contributed by atoms with Gasteiger partial charge in [0, 0.05) is 40.9 Å². The summed E-state index contributed by atoms with van der Waals surface area (Å²) in [5.74, 6) is 0.885. The van der Waals surface area contributed by atoms with E-state index in [0.29, 0.717) is 6.04 Å². The van der Waals surface area contributed by atoms with Crippen LogP contribution in [0.4, 0.5) is 0 Å². The summed E-state index contributed by atoms with van der Waals surface area (Å²) in [6, 6.07) is 1.47. The molecule has 3 nitrogen and oxygen atoms in total. The quantitative estimate of drug-likeness (QED) is 0.846. The van der Waals surface area contributed by atoms with Crippen LogP contribution in [-0.2, 0) is 10.8 Å². The molecule has 1 N–H and O–H groups in total. The van der Waals surface area contributed by atoms with Crippen LogP contribution >= 0.6 is 0 Å². The highest BCUT2D eigenvalue weighted by Gasteiger charge is 2.30. The van der Waals surface area contributed by atoms with E-state index < -0.39 is 10.8 Å². The first-order valence-electron chi connectivity index (χ1n) is 8.37. The fraction of sp³-hybridized carbons (Fsp3) is 1.00. The van der Waals surface area contributed by atoms with Gasteiger partial charge in [-0.05, 0) is 51.6 Å². The molecule has 2 rings (SSSR count). The first-order valence-corrected chi connectivity index (χ1v) is 9.99. The summed E-state index contributed by atoms with van der Waals surface area (Å²) in [5, 5.41) is 3.89. The average Bonchev–Trinajstić information content (AvgIpc) is 2.46. The van der Waals surface area contributed by atoms with Crippen molar-refractivity contribution in [2.45, 2.75) is 69.7 Å². The first-order chi connectivity index (χ1) is 9.58. The molecule has 2 fully saturated rings. The van der Waals surface area contributed by atoms with E-state index in [9.17, 15) is 4.21 Å². The van der Waals surface area contributed by atoms with Crippen LogP contribution in [0.2, 0.25) is 0 Å². The van der Waals surface area contributed by atoms with E-state index in [-0.39, 0.29) is 5.25 Å². The zero-order valence-corrected chi connectivity index (χ0v) is 14.3. The van der Waals surface area contributed by atoms with E-state index in [4.69, 9.17) is 0 Å². The number of piperidine rings is 1. The van der Waals surface area contributed by atoms with Crippen molar-refractivity contribution in [3.05, 3.63) is 0 Å². The minimum Gasteiger partial charge on any atom is -0.313 e. The number of hydrogen-bond acceptors (Lipinski definition) is 3. The molecule has 1 aliphatic heterocycles. The minimum atomic E-state index is -0.703. The minimum absolute atomic E-state index is 0.270. The van der Waals surface area contributed by atoms with Gasteiger partial charge in [0.2, 0.25) is 0 Å². The summed E-state index contributed by atoms with van der Waals surface area (Å²) in [5.41, 5.74) is 0. The summed E-state index contributed by atoms with van der Waals surface area (Å²) >= 11 is 0. The molecule has 0 aromatic heterocycles. The average molecular weight is 301 g/mol. The molecular formula is C16H32N2OS. The topological polar surface area (TPSA) is 32.3 Å². The molecule has 0 radical (unpaired) electrons. The lowest BCUT2D eigenvalue weighted by Gasteiger charge is -2.42. The zero-order valence-electron chi connectivity index (χ0n) is 13.4. The monoisotopic (exact) mass is 300 g/mol. The Morgan fingerprint density at radius 3 is 2.45 bits per heavy atom. The van der Waals surface area contributed by atoms with E-state index in [1.165, 1.54) is 51.6 Å². The fourth-order valence-electron chi connectivity index (χ4n) is 3.72. The molecule has 1 saturated heterocycles. The lowest BCUT2D eigenvalue weighted by molar-refractivity contribution is 0.0817. The second-order valence-electron chi connectivity index (χ2n) is 6.86. The highest BCUT2D eigenvalue weighted by Crippen LogP contribution is 2.29. The molecule has 0 spiro atoms. The largest absolute Gasteiger partial charge is 0.313 e. The molecule has 118 valence electrons. The van der Waals surface area contributed by atoms with Gasteiger partial charge >= 0.3 is 0 Å². The predicted octanol–water partition coefficient (Wildman–Crippen LogP) is 2.39. The highest BCUT2D eigenvalue weighted by molar-refractivity contribution is 7.84. The predicted molar refractivity (Wildman–Crippen MR) is 87.5 cm³/mol. The number of rotatable bonds is 5. The molecule has 4 heteroatoms. The molecule has 4 atom stereocenters. The van der Waals surface area contributed by atoms with Crippen molar-refractivity contribution in [2.24, 2.45) is 5.92 Å². The summed E-state index contributed by atoms with van der Waals surface area (Å²) in [6.07, 6.45) is 10.0. The Labute approximate surface area is 127 Å². The highest BCUT2D eigenvalue weighted by atomic mass is 32.2. The lowest BCUT2D eigenvalue weighted by Crippen LogP contribution is -2.50. The maximum Gasteiger partial charge on any atom is 0.0441 e. The van der Waals surface area contributed by atoms with E-state index in [2.05, 4.69) is 24.1 Å². The second kappa shape index (κ2) is 7.90. The van der Waals surface area contributed by atoms with Crippen LogP contribution in [0.15, 0.2) is 0 Å². The molecule has 1 aliphatic carbocycles. The van der Waals surface area contributed by atoms with Crippen molar-refractivity contribution in [1.82, 2.24) is 10.2 Å². The standard InChI is InChI=1S/C16H32N2OS/c1-13-6-4-5-7-16(13)18-10-8-15(9-11-18)17-12-14(2)20(3)19/h13-17H,4-12H2,1-3H3/t13-,14+,16+,20+/m1/s1. The van der Waals surface area contributed by atoms with Gasteiger partial charge < -0.3 is 10.2 Å². The fourth-order valence-corrected chi connectivity index (χ4v) is 4.06. The smallest absolute Gasteiger partial charge is 0.0441 e. The van der Waals surface area contributed by atoms with Crippen molar-refractivity contribution < 1.29 is 4.21 Å². The van der Waals surface area contributed by atoms with Crippen molar-refractivity contribution in [2.75, 3.05) is 25.9 Å². The number of nitrogens with zero attached hydrogens (tertiary/aromatic N) is 1. The molecule has 2 aliphatic rings. The van der Waals surface area contributed by atoms with Gasteiger partial charge in [-0.3, -0.25) is 4.21 Å². The van der Waals surface area contributed by atoms with Crippen LogP contribution in [0, 0.1) is 5.92 Å². The van der Waals surface area contributed by atoms with Gasteiger partial charge in [0.05, 0.1) is 0 Å². The van der Waals surface area contributed by atoms with Gasteiger partial charge in [0.15, 0.2) is 0 Å². The molecule has 1 saturated carbocycles. The maximum atomic E-state index is 11.4. The molecular weight excluding hydrogens is 268 g/mol. The molecule has 0 aromatic rings. The van der Waals surface area contributed by atoms with E-state index >= 15 is 0 Å². The van der Waals surface area contributed by atoms with Gasteiger partial charge in [0.1, 0.15) is 0 Å². The summed E-state index contributed by atoms with van der Waals surface area (Å²) < 4.78 is 11.4. The Kier molecular flexibility index (Phi) is 6.50. The number of hydrogen-bond donors (Lipinski definition) is 1. The van der Waals surface area contributed by atoms with E-state index in [0.717, 1.165) is 18.5 Å². The maximum absolute atomic E-state index is 11.4. The first kappa shape index (κ1) is 16.4. The molecule has 1 heterocycles. The zero-order chi connectivity index (χ0) is 14.5. The van der Waals surface area contributed by atoms with Crippen LogP contribution in [0.5, 0.6) is 0 Å². The molecule has 20 heavy (non-hydrogen) atoms. The van der Waals surface area contributed by atoms with Gasteiger partial charge in [-0.15, -0.1) is 0 Å². The Hall–Kier alpha value is 0.0700. The third-order valence-electron chi connectivity index (χ3n) is 5.33. The van der Waals surface area contributed by atoms with Gasteiger partial charge in [-0.25, -0.2) is 0 Å². The van der Waals surface area contributed by atoms with E-state index in [1.807, 2.05) is 0 Å². The Balaban J connectivity index is 1.70. The normalized spacial score (nSPS) is 33.0. The third kappa shape index (κ3) is 4.54. The SMILES string of the molecule is C[C@@H]1CCCC[C@@H]1N1CCC(NC[C@H](C)[S@](C)=O)CC1. The summed E-state index contributed by atoms with van der Waals surface area (Å²) in [4.78, 5) is 2.74. The Morgan fingerprint density at radius 2 is 1.85 bits per heavy atom. The van der Waals surface area contributed by atoms with Gasteiger partial charge in [-0.1, -0.05) is 19.8 Å². The third-order valence-corrected chi connectivity index (χ3v) is 6.63. The van der Waals surface area contributed by atoms with Crippen LogP contribution in [-0.4, -0.2) is 52.3 Å². The van der Waals surface area contributed by atoms with Crippen molar-refractivity contribution in [3.8, 4) is 0 Å². The van der Waals surface area contributed by atoms with Crippen molar-refractivity contribution in [1.29, 1.82) is 0 Å². The Bertz CT molecular complexity index is 316. The molecule has 0 bridgehead atoms. The lowest BCUT2D eigenvalue weighted by atomic mass is 9.84. The van der Waals surface area contributed by atoms with Crippen LogP contribution in [0.3, 0.4) is 0 Å². The second-order valence-corrected chi connectivity index (χ2v) is 8.66. The molecule has 0 amide bonds. The number of likely N-dealkylation sites (tertiary alicyclic amines) is 1. The van der Waals surface area contributed by atoms with Crippen LogP contribution in [0.1, 0.15) is 52.4 Å². The molecule has 0 unspecified atom stereocenters. The Morgan fingerprint density at radius 1 is 1.20 bits per heavy atom. The van der Waals surface area contributed by atoms with E-state index in [1.54, 1.807) is 6.26 Å². The summed E-state index contributed by atoms with van der Waals surface area (Å²) in [6.45, 7) is 7.90. The molecule has 0 aromatic carbocycles.